The first-order chi connectivity index (χ1) is 17.9. The molecule has 0 spiro atoms. The van der Waals surface area contributed by atoms with Crippen LogP contribution in [-0.4, -0.2) is 67.1 Å². The predicted octanol–water partition coefficient (Wildman–Crippen LogP) is 4.77. The summed E-state index contributed by atoms with van der Waals surface area (Å²) in [6.45, 7) is 6.76. The van der Waals surface area contributed by atoms with Gasteiger partial charge < -0.3 is 9.64 Å². The van der Waals surface area contributed by atoms with Crippen LogP contribution < -0.4 is 4.90 Å². The van der Waals surface area contributed by atoms with Gasteiger partial charge in [0.25, 0.3) is 5.92 Å². The molecule has 37 heavy (non-hydrogen) atoms. The minimum Gasteiger partial charge on any atom is -0.383 e. The Morgan fingerprint density at radius 1 is 0.919 bits per heavy atom. The summed E-state index contributed by atoms with van der Waals surface area (Å²) in [6, 6.07) is 13.9. The van der Waals surface area contributed by atoms with Crippen molar-refractivity contribution in [3.63, 3.8) is 0 Å². The quantitative estimate of drug-likeness (QED) is 0.372. The smallest absolute Gasteiger partial charge is 0.273 e. The van der Waals surface area contributed by atoms with E-state index in [-0.39, 0.29) is 30.6 Å². The first kappa shape index (κ1) is 26.8. The van der Waals surface area contributed by atoms with E-state index >= 15 is 0 Å². The van der Waals surface area contributed by atoms with E-state index in [9.17, 15) is 13.6 Å². The van der Waals surface area contributed by atoms with E-state index in [0.29, 0.717) is 0 Å². The number of piperazine rings is 1. The van der Waals surface area contributed by atoms with Crippen molar-refractivity contribution in [1.82, 2.24) is 14.9 Å². The Bertz CT molecular complexity index is 1160. The van der Waals surface area contributed by atoms with Crippen molar-refractivity contribution >= 4 is 11.6 Å². The number of hydrogen-bond donors (Lipinski definition) is 0. The Balaban J connectivity index is 1.37. The second-order valence-electron chi connectivity index (χ2n) is 9.39. The van der Waals surface area contributed by atoms with Crippen LogP contribution in [0.1, 0.15) is 30.0 Å². The highest BCUT2D eigenvalue weighted by Crippen LogP contribution is 2.31. The number of carbonyl (C=O) groups is 1. The van der Waals surface area contributed by atoms with Crippen LogP contribution in [0.15, 0.2) is 60.9 Å². The maximum Gasteiger partial charge on any atom is 0.273 e. The number of methoxy groups -OCH3 is 1. The molecule has 2 heterocycles. The highest BCUT2D eigenvalue weighted by molar-refractivity contribution is 5.83. The number of benzene rings is 2. The fourth-order valence-electron chi connectivity index (χ4n) is 4.54. The Hall–Kier alpha value is -3.23. The molecule has 2 aromatic carbocycles. The van der Waals surface area contributed by atoms with Crippen molar-refractivity contribution in [2.45, 2.75) is 32.1 Å². The molecule has 1 fully saturated rings. The van der Waals surface area contributed by atoms with Gasteiger partial charge in [-0.2, -0.15) is 0 Å². The lowest BCUT2D eigenvalue weighted by Crippen LogP contribution is -2.47. The lowest BCUT2D eigenvalue weighted by molar-refractivity contribution is -0.117. The van der Waals surface area contributed by atoms with E-state index in [1.165, 1.54) is 19.1 Å². The molecule has 1 saturated heterocycles. The van der Waals surface area contributed by atoms with Gasteiger partial charge in [-0.25, -0.2) is 13.8 Å². The molecule has 1 aliphatic rings. The Labute approximate surface area is 217 Å². The van der Waals surface area contributed by atoms with Crippen LogP contribution in [0.25, 0.3) is 11.3 Å². The molecule has 0 saturated carbocycles. The Morgan fingerprint density at radius 2 is 1.51 bits per heavy atom. The van der Waals surface area contributed by atoms with Crippen molar-refractivity contribution in [3.8, 4) is 11.3 Å². The van der Waals surface area contributed by atoms with Crippen LogP contribution in [0.5, 0.6) is 0 Å². The molecule has 0 aliphatic carbocycles. The third-order valence-corrected chi connectivity index (χ3v) is 6.81. The van der Waals surface area contributed by atoms with E-state index in [4.69, 9.17) is 4.74 Å². The first-order valence-electron chi connectivity index (χ1n) is 12.7. The van der Waals surface area contributed by atoms with E-state index in [1.807, 2.05) is 24.3 Å². The topological polar surface area (TPSA) is 58.6 Å². The minimum absolute atomic E-state index is 0.0156. The van der Waals surface area contributed by atoms with Crippen LogP contribution in [0.4, 0.5) is 14.6 Å². The Kier molecular flexibility index (Phi) is 8.95. The predicted molar refractivity (Wildman–Crippen MR) is 141 cm³/mol. The number of hydrogen-bond acceptors (Lipinski definition) is 6. The van der Waals surface area contributed by atoms with E-state index in [0.717, 1.165) is 67.5 Å². The lowest BCUT2D eigenvalue weighted by atomic mass is 9.99. The summed E-state index contributed by atoms with van der Waals surface area (Å²) in [6.07, 6.45) is 3.67. The van der Waals surface area contributed by atoms with Gasteiger partial charge in [-0.1, -0.05) is 55.5 Å². The zero-order chi connectivity index (χ0) is 26.3. The first-order valence-corrected chi connectivity index (χ1v) is 12.7. The largest absolute Gasteiger partial charge is 0.383 e. The van der Waals surface area contributed by atoms with E-state index < -0.39 is 5.92 Å². The van der Waals surface area contributed by atoms with Crippen LogP contribution in [-0.2, 0) is 28.3 Å². The molecule has 0 N–H and O–H groups in total. The number of Topliss-reactive ketones (excluding diaryl/α,β-unsaturated/α-hetero) is 1. The zero-order valence-corrected chi connectivity index (χ0v) is 21.5. The van der Waals surface area contributed by atoms with Gasteiger partial charge in [-0.15, -0.1) is 0 Å². The average molecular weight is 509 g/mol. The van der Waals surface area contributed by atoms with Crippen molar-refractivity contribution in [2.75, 3.05) is 51.3 Å². The zero-order valence-electron chi connectivity index (χ0n) is 21.5. The molecule has 196 valence electrons. The molecule has 1 aliphatic heterocycles. The highest BCUT2D eigenvalue weighted by Gasteiger charge is 2.28. The normalized spacial score (nSPS) is 14.6. The molecule has 0 radical (unpaired) electrons. The van der Waals surface area contributed by atoms with Crippen LogP contribution in [0, 0.1) is 0 Å². The second-order valence-corrected chi connectivity index (χ2v) is 9.39. The molecule has 6 nitrogen and oxygen atoms in total. The number of halogens is 2. The maximum absolute atomic E-state index is 13.8. The number of alkyl halides is 2. The van der Waals surface area contributed by atoms with Gasteiger partial charge in [0.2, 0.25) is 0 Å². The molecular weight excluding hydrogens is 474 g/mol. The second kappa shape index (κ2) is 12.3. The van der Waals surface area contributed by atoms with Crippen LogP contribution in [0.3, 0.4) is 0 Å². The molecule has 0 amide bonds. The molecule has 8 heteroatoms. The van der Waals surface area contributed by atoms with Gasteiger partial charge >= 0.3 is 0 Å². The van der Waals surface area contributed by atoms with Crippen LogP contribution >= 0.6 is 0 Å². The summed E-state index contributed by atoms with van der Waals surface area (Å²) in [5, 5.41) is 0. The summed E-state index contributed by atoms with van der Waals surface area (Å²) < 4.78 is 32.8. The molecule has 0 atom stereocenters. The molecule has 3 aromatic rings. The number of carbonyl (C=O) groups excluding carboxylic acids is 1. The van der Waals surface area contributed by atoms with E-state index in [1.54, 1.807) is 31.6 Å². The summed E-state index contributed by atoms with van der Waals surface area (Å²) >= 11 is 0. The standard InChI is InChI=1S/C29H34F2N4O2/c1-3-29(30,31)25-10-6-23(7-11-25)21-26(36)20-22-4-8-24(9-5-22)27-28(33-13-12-32-27)35-16-14-34(15-17-35)18-19-37-2/h4-13H,3,14-21H2,1-2H3. The van der Waals surface area contributed by atoms with Crippen LogP contribution in [0.2, 0.25) is 0 Å². The fourth-order valence-corrected chi connectivity index (χ4v) is 4.54. The molecule has 1 aromatic heterocycles. The van der Waals surface area contributed by atoms with Gasteiger partial charge in [0.1, 0.15) is 11.5 Å². The van der Waals surface area contributed by atoms with E-state index in [2.05, 4.69) is 19.8 Å². The number of nitrogens with zero attached hydrogens (tertiary/aromatic N) is 4. The SMILES string of the molecule is CCC(F)(F)c1ccc(CC(=O)Cc2ccc(-c3nccnc3N3CCN(CCOC)CC3)cc2)cc1. The monoisotopic (exact) mass is 508 g/mol. The third kappa shape index (κ3) is 6.96. The van der Waals surface area contributed by atoms with Gasteiger partial charge in [-0.05, 0) is 11.1 Å². The average Bonchev–Trinajstić information content (AvgIpc) is 2.93. The minimum atomic E-state index is -2.84. The third-order valence-electron chi connectivity index (χ3n) is 6.81. The fraction of sp³-hybridized carbons (Fsp3) is 0.414. The number of rotatable bonds is 11. The van der Waals surface area contributed by atoms with Gasteiger partial charge in [0, 0.05) is 82.6 Å². The summed E-state index contributed by atoms with van der Waals surface area (Å²) in [5.74, 6) is -1.93. The van der Waals surface area contributed by atoms with Gasteiger partial charge in [0.05, 0.1) is 6.61 Å². The van der Waals surface area contributed by atoms with Gasteiger partial charge in [-0.3, -0.25) is 14.7 Å². The molecular formula is C29H34F2N4O2. The number of ketones is 1. The highest BCUT2D eigenvalue weighted by atomic mass is 19.3. The lowest BCUT2D eigenvalue weighted by Gasteiger charge is -2.35. The molecule has 0 unspecified atom stereocenters. The summed E-state index contributed by atoms with van der Waals surface area (Å²) in [4.78, 5) is 26.5. The van der Waals surface area contributed by atoms with Crippen molar-refractivity contribution in [3.05, 3.63) is 77.6 Å². The maximum atomic E-state index is 13.8. The molecule has 0 bridgehead atoms. The Morgan fingerprint density at radius 3 is 2.11 bits per heavy atom. The van der Waals surface area contributed by atoms with Crippen molar-refractivity contribution < 1.29 is 18.3 Å². The van der Waals surface area contributed by atoms with Crippen molar-refractivity contribution in [2.24, 2.45) is 0 Å². The number of ether oxygens (including phenoxy) is 1. The van der Waals surface area contributed by atoms with Gasteiger partial charge in [0.15, 0.2) is 5.82 Å². The number of aromatic nitrogens is 2. The summed E-state index contributed by atoms with van der Waals surface area (Å²) in [5.41, 5.74) is 3.41. The van der Waals surface area contributed by atoms with Crippen molar-refractivity contribution in [1.29, 1.82) is 0 Å². The number of anilines is 1. The molecule has 4 rings (SSSR count). The summed E-state index contributed by atoms with van der Waals surface area (Å²) in [7, 11) is 1.72.